The zero-order chi connectivity index (χ0) is 14.5. The number of nitrogens with two attached hydrogens (primary N) is 1. The van der Waals surface area contributed by atoms with E-state index in [0.29, 0.717) is 18.8 Å². The van der Waals surface area contributed by atoms with Crippen molar-refractivity contribution in [2.75, 3.05) is 12.3 Å². The van der Waals surface area contributed by atoms with Crippen molar-refractivity contribution in [2.45, 2.75) is 26.8 Å². The predicted molar refractivity (Wildman–Crippen MR) is 81.1 cm³/mol. The Kier molecular flexibility index (Phi) is 4.45. The molecule has 0 saturated heterocycles. The number of nitrogens with zero attached hydrogens (tertiary/aromatic N) is 1. The minimum atomic E-state index is -0.0367. The standard InChI is InChI=1S/C16H20N2O2/c1-12-4-6-15(10-13(12)2)20-9-3-8-18-11-14(17)5-7-16(18)19/h4-7,10-11H,3,8-9,17H2,1-2H3. The molecule has 0 bridgehead atoms. The van der Waals surface area contributed by atoms with Gasteiger partial charge in [0.1, 0.15) is 5.75 Å². The molecule has 4 heteroatoms. The van der Waals surface area contributed by atoms with Crippen LogP contribution in [0.2, 0.25) is 0 Å². The van der Waals surface area contributed by atoms with Crippen LogP contribution >= 0.6 is 0 Å². The normalized spacial score (nSPS) is 10.5. The predicted octanol–water partition coefficient (Wildman–Crippen LogP) is 2.52. The first kappa shape index (κ1) is 14.2. The Bertz CT molecular complexity index is 647. The number of aromatic nitrogens is 1. The van der Waals surface area contributed by atoms with Crippen LogP contribution in [0.4, 0.5) is 5.69 Å². The van der Waals surface area contributed by atoms with E-state index < -0.39 is 0 Å². The molecule has 0 unspecified atom stereocenters. The van der Waals surface area contributed by atoms with Crippen LogP contribution in [0.5, 0.6) is 5.75 Å². The van der Waals surface area contributed by atoms with Crippen LogP contribution in [0.25, 0.3) is 0 Å². The largest absolute Gasteiger partial charge is 0.494 e. The molecule has 0 spiro atoms. The number of aryl methyl sites for hydroxylation is 3. The monoisotopic (exact) mass is 272 g/mol. The Morgan fingerprint density at radius 3 is 2.70 bits per heavy atom. The first-order valence-electron chi connectivity index (χ1n) is 6.72. The van der Waals surface area contributed by atoms with Crippen molar-refractivity contribution in [2.24, 2.45) is 0 Å². The summed E-state index contributed by atoms with van der Waals surface area (Å²) >= 11 is 0. The van der Waals surface area contributed by atoms with Gasteiger partial charge < -0.3 is 15.0 Å². The van der Waals surface area contributed by atoms with Crippen LogP contribution in [0, 0.1) is 13.8 Å². The fourth-order valence-electron chi connectivity index (χ4n) is 1.95. The Morgan fingerprint density at radius 1 is 1.15 bits per heavy atom. The number of benzene rings is 1. The van der Waals surface area contributed by atoms with Crippen LogP contribution in [-0.2, 0) is 6.54 Å². The molecule has 1 heterocycles. The van der Waals surface area contributed by atoms with Crippen molar-refractivity contribution in [1.82, 2.24) is 4.57 Å². The number of ether oxygens (including phenoxy) is 1. The van der Waals surface area contributed by atoms with Crippen LogP contribution in [-0.4, -0.2) is 11.2 Å². The number of hydrogen-bond acceptors (Lipinski definition) is 3. The highest BCUT2D eigenvalue weighted by Gasteiger charge is 1.99. The maximum absolute atomic E-state index is 11.6. The van der Waals surface area contributed by atoms with Crippen molar-refractivity contribution < 1.29 is 4.74 Å². The summed E-state index contributed by atoms with van der Waals surface area (Å²) in [5.74, 6) is 0.869. The van der Waals surface area contributed by atoms with Crippen LogP contribution in [0.15, 0.2) is 41.3 Å². The van der Waals surface area contributed by atoms with E-state index in [1.165, 1.54) is 17.2 Å². The van der Waals surface area contributed by atoms with Gasteiger partial charge in [0.25, 0.3) is 5.56 Å². The van der Waals surface area contributed by atoms with Gasteiger partial charge in [0.15, 0.2) is 0 Å². The molecule has 0 saturated carbocycles. The Labute approximate surface area is 118 Å². The summed E-state index contributed by atoms with van der Waals surface area (Å²) in [4.78, 5) is 11.6. The first-order chi connectivity index (χ1) is 9.56. The lowest BCUT2D eigenvalue weighted by Crippen LogP contribution is -2.20. The molecule has 20 heavy (non-hydrogen) atoms. The Morgan fingerprint density at radius 2 is 1.95 bits per heavy atom. The summed E-state index contributed by atoms with van der Waals surface area (Å²) in [6.45, 7) is 5.32. The molecule has 2 aromatic rings. The molecular weight excluding hydrogens is 252 g/mol. The molecule has 0 aliphatic carbocycles. The van der Waals surface area contributed by atoms with Gasteiger partial charge >= 0.3 is 0 Å². The highest BCUT2D eigenvalue weighted by molar-refractivity contribution is 5.34. The maximum atomic E-state index is 11.6. The van der Waals surface area contributed by atoms with E-state index in [-0.39, 0.29) is 5.56 Å². The van der Waals surface area contributed by atoms with Gasteiger partial charge in [0.2, 0.25) is 0 Å². The minimum absolute atomic E-state index is 0.0367. The molecule has 0 aliphatic heterocycles. The smallest absolute Gasteiger partial charge is 0.250 e. The fourth-order valence-corrected chi connectivity index (χ4v) is 1.95. The van der Waals surface area contributed by atoms with Crippen molar-refractivity contribution in [3.05, 3.63) is 58.0 Å². The maximum Gasteiger partial charge on any atom is 0.250 e. The van der Waals surface area contributed by atoms with E-state index in [0.717, 1.165) is 12.2 Å². The molecule has 4 nitrogen and oxygen atoms in total. The quantitative estimate of drug-likeness (QED) is 0.851. The van der Waals surface area contributed by atoms with Crippen LogP contribution in [0.3, 0.4) is 0 Å². The van der Waals surface area contributed by atoms with Crippen molar-refractivity contribution in [3.63, 3.8) is 0 Å². The lowest BCUT2D eigenvalue weighted by molar-refractivity contribution is 0.301. The molecule has 0 amide bonds. The van der Waals surface area contributed by atoms with Gasteiger partial charge in [-0.3, -0.25) is 4.79 Å². The Balaban J connectivity index is 1.86. The van der Waals surface area contributed by atoms with Crippen molar-refractivity contribution in [3.8, 4) is 5.75 Å². The van der Waals surface area contributed by atoms with Gasteiger partial charge in [0, 0.05) is 24.5 Å². The number of hydrogen-bond donors (Lipinski definition) is 1. The topological polar surface area (TPSA) is 57.2 Å². The van der Waals surface area contributed by atoms with E-state index in [1.807, 2.05) is 18.2 Å². The van der Waals surface area contributed by atoms with Gasteiger partial charge in [0.05, 0.1) is 6.61 Å². The van der Waals surface area contributed by atoms with Crippen molar-refractivity contribution in [1.29, 1.82) is 0 Å². The second-order valence-electron chi connectivity index (χ2n) is 4.94. The zero-order valence-corrected chi connectivity index (χ0v) is 11.9. The molecule has 0 radical (unpaired) electrons. The molecule has 0 aliphatic rings. The molecule has 2 N–H and O–H groups in total. The van der Waals surface area contributed by atoms with Gasteiger partial charge in [-0.1, -0.05) is 6.07 Å². The minimum Gasteiger partial charge on any atom is -0.494 e. The average Bonchev–Trinajstić information content (AvgIpc) is 2.42. The van der Waals surface area contributed by atoms with Crippen LogP contribution < -0.4 is 16.0 Å². The summed E-state index contributed by atoms with van der Waals surface area (Å²) in [6.07, 6.45) is 2.43. The van der Waals surface area contributed by atoms with Gasteiger partial charge in [-0.25, -0.2) is 0 Å². The zero-order valence-electron chi connectivity index (χ0n) is 11.9. The van der Waals surface area contributed by atoms with Gasteiger partial charge in [-0.15, -0.1) is 0 Å². The second-order valence-corrected chi connectivity index (χ2v) is 4.94. The van der Waals surface area contributed by atoms with Crippen molar-refractivity contribution >= 4 is 5.69 Å². The lowest BCUT2D eigenvalue weighted by atomic mass is 10.1. The third kappa shape index (κ3) is 3.63. The fraction of sp³-hybridized carbons (Fsp3) is 0.312. The molecule has 2 rings (SSSR count). The summed E-state index contributed by atoms with van der Waals surface area (Å²) < 4.78 is 7.30. The second kappa shape index (κ2) is 6.28. The molecule has 0 atom stereocenters. The molecule has 106 valence electrons. The van der Waals surface area contributed by atoms with E-state index >= 15 is 0 Å². The third-order valence-corrected chi connectivity index (χ3v) is 3.30. The molecule has 0 fully saturated rings. The van der Waals surface area contributed by atoms with E-state index in [2.05, 4.69) is 13.8 Å². The number of rotatable bonds is 5. The average molecular weight is 272 g/mol. The summed E-state index contributed by atoms with van der Waals surface area (Å²) in [5, 5.41) is 0. The Hall–Kier alpha value is -2.23. The molecule has 1 aromatic carbocycles. The first-order valence-corrected chi connectivity index (χ1v) is 6.72. The summed E-state index contributed by atoms with van der Waals surface area (Å²) in [7, 11) is 0. The molecule has 1 aromatic heterocycles. The summed E-state index contributed by atoms with van der Waals surface area (Å²) in [5.41, 5.74) is 8.69. The SMILES string of the molecule is Cc1ccc(OCCCn2cc(N)ccc2=O)cc1C. The lowest BCUT2D eigenvalue weighted by Gasteiger charge is -2.09. The highest BCUT2D eigenvalue weighted by atomic mass is 16.5. The van der Waals surface area contributed by atoms with Gasteiger partial charge in [-0.05, 0) is 49.6 Å². The number of anilines is 1. The highest BCUT2D eigenvalue weighted by Crippen LogP contribution is 2.16. The summed E-state index contributed by atoms with van der Waals surface area (Å²) in [6, 6.07) is 9.15. The molecular formula is C16H20N2O2. The number of pyridine rings is 1. The number of nitrogen functional groups attached to an aromatic ring is 1. The van der Waals surface area contributed by atoms with E-state index in [1.54, 1.807) is 16.8 Å². The van der Waals surface area contributed by atoms with E-state index in [9.17, 15) is 4.79 Å². The van der Waals surface area contributed by atoms with Crippen LogP contribution in [0.1, 0.15) is 17.5 Å². The third-order valence-electron chi connectivity index (χ3n) is 3.30. The van der Waals surface area contributed by atoms with Gasteiger partial charge in [-0.2, -0.15) is 0 Å². The van der Waals surface area contributed by atoms with E-state index in [4.69, 9.17) is 10.5 Å².